The zero-order valence-corrected chi connectivity index (χ0v) is 13.2. The van der Waals surface area contributed by atoms with Gasteiger partial charge in [0.25, 0.3) is 0 Å². The summed E-state index contributed by atoms with van der Waals surface area (Å²) in [6, 6.07) is 0. The maximum Gasteiger partial charge on any atom is 0.330 e. The van der Waals surface area contributed by atoms with Crippen LogP contribution >= 0.6 is 0 Å². The van der Waals surface area contributed by atoms with E-state index in [9.17, 15) is 9.59 Å². The third kappa shape index (κ3) is 3.21. The minimum absolute atomic E-state index is 0.0367. The van der Waals surface area contributed by atoms with Gasteiger partial charge in [0, 0.05) is 6.08 Å². The third-order valence-corrected chi connectivity index (χ3v) is 5.65. The average molecular weight is 306 g/mol. The molecule has 4 aliphatic rings. The van der Waals surface area contributed by atoms with Crippen LogP contribution in [0.1, 0.15) is 51.4 Å². The lowest BCUT2D eigenvalue weighted by Crippen LogP contribution is -2.50. The molecule has 0 amide bonds. The van der Waals surface area contributed by atoms with Crippen molar-refractivity contribution in [3.05, 3.63) is 12.7 Å². The maximum atomic E-state index is 12.6. The largest absolute Gasteiger partial charge is 0.465 e. The van der Waals surface area contributed by atoms with Crippen LogP contribution in [0, 0.1) is 23.2 Å². The van der Waals surface area contributed by atoms with Crippen molar-refractivity contribution in [2.24, 2.45) is 23.2 Å². The van der Waals surface area contributed by atoms with Crippen molar-refractivity contribution in [1.29, 1.82) is 0 Å². The highest BCUT2D eigenvalue weighted by atomic mass is 16.5. The molecule has 4 fully saturated rings. The third-order valence-electron chi connectivity index (χ3n) is 5.65. The van der Waals surface area contributed by atoms with Crippen LogP contribution in [0.15, 0.2) is 12.7 Å². The van der Waals surface area contributed by atoms with Gasteiger partial charge in [0.1, 0.15) is 0 Å². The summed E-state index contributed by atoms with van der Waals surface area (Å²) in [5.41, 5.74) is -0.163. The number of rotatable bonds is 7. The van der Waals surface area contributed by atoms with Crippen LogP contribution < -0.4 is 0 Å². The SMILES string of the molecule is C=CC(=O)OCCCCOC(=O)C12CC3CC(CC(C3)C1)C2. The summed E-state index contributed by atoms with van der Waals surface area (Å²) in [5.74, 6) is 1.92. The summed E-state index contributed by atoms with van der Waals surface area (Å²) in [5, 5.41) is 0. The highest BCUT2D eigenvalue weighted by molar-refractivity contribution is 5.81. The topological polar surface area (TPSA) is 52.6 Å². The van der Waals surface area contributed by atoms with E-state index in [1.165, 1.54) is 19.3 Å². The predicted molar refractivity (Wildman–Crippen MR) is 82.0 cm³/mol. The van der Waals surface area contributed by atoms with Crippen molar-refractivity contribution in [3.8, 4) is 0 Å². The van der Waals surface area contributed by atoms with Gasteiger partial charge in [-0.1, -0.05) is 6.58 Å². The van der Waals surface area contributed by atoms with E-state index in [0.717, 1.165) is 49.5 Å². The van der Waals surface area contributed by atoms with Gasteiger partial charge < -0.3 is 9.47 Å². The van der Waals surface area contributed by atoms with E-state index in [0.29, 0.717) is 19.6 Å². The Morgan fingerprint density at radius 2 is 1.45 bits per heavy atom. The lowest BCUT2D eigenvalue weighted by Gasteiger charge is -2.55. The molecular formula is C18H26O4. The van der Waals surface area contributed by atoms with Crippen molar-refractivity contribution >= 4 is 11.9 Å². The summed E-state index contributed by atoms with van der Waals surface area (Å²) < 4.78 is 10.5. The minimum Gasteiger partial charge on any atom is -0.465 e. The Morgan fingerprint density at radius 1 is 0.955 bits per heavy atom. The number of carbonyl (C=O) groups is 2. The van der Waals surface area contributed by atoms with E-state index in [2.05, 4.69) is 6.58 Å². The van der Waals surface area contributed by atoms with Gasteiger partial charge in [-0.25, -0.2) is 4.79 Å². The molecule has 0 aromatic rings. The molecule has 4 heteroatoms. The molecule has 22 heavy (non-hydrogen) atoms. The van der Waals surface area contributed by atoms with Gasteiger partial charge in [0.05, 0.1) is 18.6 Å². The van der Waals surface area contributed by atoms with Gasteiger partial charge in [0.15, 0.2) is 0 Å². The molecule has 4 aliphatic carbocycles. The number of esters is 2. The van der Waals surface area contributed by atoms with Crippen molar-refractivity contribution < 1.29 is 19.1 Å². The molecule has 0 heterocycles. The van der Waals surface area contributed by atoms with Gasteiger partial charge in [-0.3, -0.25) is 4.79 Å². The van der Waals surface area contributed by atoms with E-state index in [1.54, 1.807) is 0 Å². The van der Waals surface area contributed by atoms with Crippen LogP contribution in [0.3, 0.4) is 0 Å². The summed E-state index contributed by atoms with van der Waals surface area (Å²) in [7, 11) is 0. The fourth-order valence-electron chi connectivity index (χ4n) is 5.11. The molecule has 4 saturated carbocycles. The van der Waals surface area contributed by atoms with E-state index >= 15 is 0 Å². The number of hydrogen-bond donors (Lipinski definition) is 0. The lowest BCUT2D eigenvalue weighted by molar-refractivity contribution is -0.171. The Bertz CT molecular complexity index is 419. The van der Waals surface area contributed by atoms with Crippen molar-refractivity contribution in [1.82, 2.24) is 0 Å². The molecule has 0 atom stereocenters. The van der Waals surface area contributed by atoms with Crippen LogP contribution in [0.2, 0.25) is 0 Å². The van der Waals surface area contributed by atoms with Crippen LogP contribution in [0.5, 0.6) is 0 Å². The van der Waals surface area contributed by atoms with Crippen molar-refractivity contribution in [2.75, 3.05) is 13.2 Å². The van der Waals surface area contributed by atoms with Gasteiger partial charge in [0.2, 0.25) is 0 Å². The van der Waals surface area contributed by atoms with Gasteiger partial charge in [-0.05, 0) is 69.1 Å². The molecule has 4 rings (SSSR count). The number of hydrogen-bond acceptors (Lipinski definition) is 4. The first-order valence-electron chi connectivity index (χ1n) is 8.58. The van der Waals surface area contributed by atoms with Gasteiger partial charge >= 0.3 is 11.9 Å². The number of carbonyl (C=O) groups excluding carboxylic acids is 2. The summed E-state index contributed by atoms with van der Waals surface area (Å²) in [4.78, 5) is 23.4. The van der Waals surface area contributed by atoms with E-state index in [4.69, 9.17) is 9.47 Å². The number of ether oxygens (including phenoxy) is 2. The molecule has 0 aromatic heterocycles. The number of unbranched alkanes of at least 4 members (excludes halogenated alkanes) is 1. The second-order valence-electron chi connectivity index (χ2n) is 7.41. The van der Waals surface area contributed by atoms with Crippen LogP contribution in [0.4, 0.5) is 0 Å². The molecule has 0 aromatic carbocycles. The molecule has 4 nitrogen and oxygen atoms in total. The Morgan fingerprint density at radius 3 is 1.95 bits per heavy atom. The summed E-state index contributed by atoms with van der Waals surface area (Å²) in [6.45, 7) is 4.14. The maximum absolute atomic E-state index is 12.6. The Balaban J connectivity index is 1.39. The minimum atomic E-state index is -0.398. The first kappa shape index (κ1) is 15.6. The predicted octanol–water partition coefficient (Wildman–Crippen LogP) is 3.26. The van der Waals surface area contributed by atoms with Gasteiger partial charge in [-0.15, -0.1) is 0 Å². The Kier molecular flexibility index (Phi) is 4.55. The smallest absolute Gasteiger partial charge is 0.330 e. The van der Waals surface area contributed by atoms with E-state index < -0.39 is 5.97 Å². The summed E-state index contributed by atoms with van der Waals surface area (Å²) in [6.07, 6.45) is 9.77. The highest BCUT2D eigenvalue weighted by Crippen LogP contribution is 2.60. The van der Waals surface area contributed by atoms with Gasteiger partial charge in [-0.2, -0.15) is 0 Å². The monoisotopic (exact) mass is 306 g/mol. The first-order valence-corrected chi connectivity index (χ1v) is 8.58. The van der Waals surface area contributed by atoms with Crippen LogP contribution in [-0.2, 0) is 19.1 Å². The molecule has 4 bridgehead atoms. The molecule has 0 unspecified atom stereocenters. The quantitative estimate of drug-likeness (QED) is 0.411. The second-order valence-corrected chi connectivity index (χ2v) is 7.41. The molecule has 0 saturated heterocycles. The van der Waals surface area contributed by atoms with Crippen molar-refractivity contribution in [3.63, 3.8) is 0 Å². The lowest BCUT2D eigenvalue weighted by atomic mass is 9.49. The second kappa shape index (κ2) is 6.43. The Labute approximate surface area is 132 Å². The molecule has 0 radical (unpaired) electrons. The molecule has 122 valence electrons. The zero-order chi connectivity index (χ0) is 15.6. The molecule has 0 aliphatic heterocycles. The Hall–Kier alpha value is -1.32. The van der Waals surface area contributed by atoms with E-state index in [-0.39, 0.29) is 11.4 Å². The summed E-state index contributed by atoms with van der Waals surface area (Å²) >= 11 is 0. The first-order chi connectivity index (χ1) is 10.6. The molecule has 0 spiro atoms. The normalized spacial score (nSPS) is 35.2. The van der Waals surface area contributed by atoms with Crippen LogP contribution in [0.25, 0.3) is 0 Å². The zero-order valence-electron chi connectivity index (χ0n) is 13.2. The standard InChI is InChI=1S/C18H26O4/c1-2-16(19)21-5-3-4-6-22-17(20)18-10-13-7-14(11-18)9-15(8-13)12-18/h2,13-15H,1,3-12H2. The van der Waals surface area contributed by atoms with Crippen molar-refractivity contribution in [2.45, 2.75) is 51.4 Å². The fraction of sp³-hybridized carbons (Fsp3) is 0.778. The average Bonchev–Trinajstić information content (AvgIpc) is 2.48. The van der Waals surface area contributed by atoms with E-state index in [1.807, 2.05) is 0 Å². The van der Waals surface area contributed by atoms with Crippen LogP contribution in [-0.4, -0.2) is 25.2 Å². The fourth-order valence-corrected chi connectivity index (χ4v) is 5.11. The molecule has 0 N–H and O–H groups in total. The highest BCUT2D eigenvalue weighted by Gasteiger charge is 2.55. The molecular weight excluding hydrogens is 280 g/mol.